The molecule has 29 heavy (non-hydrogen) atoms. The molecule has 0 fully saturated rings. The van der Waals surface area contributed by atoms with Gasteiger partial charge in [0.1, 0.15) is 0 Å². The zero-order valence-corrected chi connectivity index (χ0v) is 17.9. The maximum atomic E-state index is 3.66. The predicted molar refractivity (Wildman–Crippen MR) is 128 cm³/mol. The summed E-state index contributed by atoms with van der Waals surface area (Å²) in [6.45, 7) is 0. The highest BCUT2D eigenvalue weighted by Gasteiger charge is 2.20. The third-order valence-corrected chi connectivity index (χ3v) is 6.68. The Morgan fingerprint density at radius 3 is 2.00 bits per heavy atom. The molecule has 0 aliphatic heterocycles. The van der Waals surface area contributed by atoms with E-state index in [0.717, 1.165) is 4.47 Å². The number of benzene rings is 4. The maximum absolute atomic E-state index is 3.66. The van der Waals surface area contributed by atoms with Crippen LogP contribution in [0.25, 0.3) is 54.7 Å². The van der Waals surface area contributed by atoms with E-state index >= 15 is 0 Å². The lowest BCUT2D eigenvalue weighted by Gasteiger charge is -2.09. The summed E-state index contributed by atoms with van der Waals surface area (Å²) in [6.07, 6.45) is 0. The van der Waals surface area contributed by atoms with Crippen LogP contribution in [0.2, 0.25) is 0 Å². The Hall–Kier alpha value is -3.04. The largest absolute Gasteiger partial charge is 0.344 e. The number of hydrogen-bond donors (Lipinski definition) is 0. The first kappa shape index (κ1) is 16.9. The molecule has 6 aromatic rings. The molecule has 0 N–H and O–H groups in total. The van der Waals surface area contributed by atoms with Gasteiger partial charge in [-0.15, -0.1) is 0 Å². The van der Waals surface area contributed by atoms with Crippen LogP contribution in [0.5, 0.6) is 0 Å². The number of aromatic nitrogens is 2. The van der Waals surface area contributed by atoms with Crippen molar-refractivity contribution in [3.05, 3.63) is 83.3 Å². The number of para-hydroxylation sites is 2. The minimum atomic E-state index is 1.10. The monoisotopic (exact) mass is 438 g/mol. The smallest absolute Gasteiger partial charge is 0.0596 e. The first-order valence-corrected chi connectivity index (χ1v) is 10.6. The second-order valence-electron chi connectivity index (χ2n) is 7.70. The molecule has 0 amide bonds. The van der Waals surface area contributed by atoms with Gasteiger partial charge in [0, 0.05) is 51.1 Å². The minimum absolute atomic E-state index is 1.10. The molecule has 0 bridgehead atoms. The van der Waals surface area contributed by atoms with E-state index in [1.165, 1.54) is 54.7 Å². The van der Waals surface area contributed by atoms with Crippen LogP contribution in [0.3, 0.4) is 0 Å². The van der Waals surface area contributed by atoms with E-state index in [-0.39, 0.29) is 0 Å². The van der Waals surface area contributed by atoms with Crippen LogP contribution in [0.15, 0.2) is 83.3 Å². The fraction of sp³-hybridized carbons (Fsp3) is 0.0769. The highest BCUT2D eigenvalue weighted by atomic mass is 79.9. The van der Waals surface area contributed by atoms with E-state index < -0.39 is 0 Å². The van der Waals surface area contributed by atoms with Gasteiger partial charge in [-0.3, -0.25) is 0 Å². The maximum Gasteiger partial charge on any atom is 0.0596 e. The van der Waals surface area contributed by atoms with Gasteiger partial charge in [0.2, 0.25) is 0 Å². The van der Waals surface area contributed by atoms with Gasteiger partial charge in [-0.25, -0.2) is 0 Å². The fourth-order valence-corrected chi connectivity index (χ4v) is 5.28. The molecule has 2 heterocycles. The van der Waals surface area contributed by atoms with Gasteiger partial charge in [-0.05, 0) is 41.5 Å². The van der Waals surface area contributed by atoms with Crippen molar-refractivity contribution >= 4 is 59.5 Å². The predicted octanol–water partition coefficient (Wildman–Crippen LogP) is 7.41. The number of rotatable bonds is 1. The van der Waals surface area contributed by atoms with E-state index in [0.29, 0.717) is 0 Å². The molecule has 0 aliphatic carbocycles. The first-order valence-electron chi connectivity index (χ1n) is 9.78. The molecule has 0 spiro atoms. The molecule has 0 unspecified atom stereocenters. The van der Waals surface area contributed by atoms with Gasteiger partial charge in [-0.1, -0.05) is 64.5 Å². The average Bonchev–Trinajstić information content (AvgIpc) is 3.20. The van der Waals surface area contributed by atoms with Crippen LogP contribution in [0.1, 0.15) is 0 Å². The Labute approximate surface area is 177 Å². The molecule has 6 rings (SSSR count). The highest BCUT2D eigenvalue weighted by Crippen LogP contribution is 2.44. The van der Waals surface area contributed by atoms with Crippen molar-refractivity contribution in [1.82, 2.24) is 9.13 Å². The molecule has 0 atom stereocenters. The van der Waals surface area contributed by atoms with Crippen LogP contribution in [0.4, 0.5) is 0 Å². The van der Waals surface area contributed by atoms with E-state index in [9.17, 15) is 0 Å². The lowest BCUT2D eigenvalue weighted by atomic mass is 9.97. The fourth-order valence-electron chi connectivity index (χ4n) is 4.88. The van der Waals surface area contributed by atoms with Crippen molar-refractivity contribution in [2.24, 2.45) is 14.1 Å². The summed E-state index contributed by atoms with van der Waals surface area (Å²) in [5.74, 6) is 0. The molecule has 3 heteroatoms. The van der Waals surface area contributed by atoms with Crippen LogP contribution in [-0.2, 0) is 14.1 Å². The quantitative estimate of drug-likeness (QED) is 0.253. The van der Waals surface area contributed by atoms with Gasteiger partial charge < -0.3 is 9.13 Å². The van der Waals surface area contributed by atoms with E-state index in [2.05, 4.69) is 118 Å². The van der Waals surface area contributed by atoms with Crippen molar-refractivity contribution in [3.63, 3.8) is 0 Å². The Morgan fingerprint density at radius 1 is 0.621 bits per heavy atom. The Balaban J connectivity index is 1.96. The van der Waals surface area contributed by atoms with Crippen molar-refractivity contribution in [2.45, 2.75) is 0 Å². The molecular weight excluding hydrogens is 420 g/mol. The average molecular weight is 439 g/mol. The summed E-state index contributed by atoms with van der Waals surface area (Å²) in [5, 5.41) is 5.26. The summed E-state index contributed by atoms with van der Waals surface area (Å²) in [5.41, 5.74) is 7.60. The summed E-state index contributed by atoms with van der Waals surface area (Å²) >= 11 is 3.66. The van der Waals surface area contributed by atoms with Crippen molar-refractivity contribution < 1.29 is 0 Å². The summed E-state index contributed by atoms with van der Waals surface area (Å²) in [7, 11) is 4.36. The Bertz CT molecular complexity index is 1580. The molecular formula is C26H19BrN2. The van der Waals surface area contributed by atoms with Crippen LogP contribution < -0.4 is 0 Å². The van der Waals surface area contributed by atoms with Gasteiger partial charge in [-0.2, -0.15) is 0 Å². The zero-order chi connectivity index (χ0) is 19.7. The van der Waals surface area contributed by atoms with E-state index in [4.69, 9.17) is 0 Å². The lowest BCUT2D eigenvalue weighted by molar-refractivity contribution is 1.01. The number of nitrogens with zero attached hydrogens (tertiary/aromatic N) is 2. The number of fused-ring (bicyclic) bond motifs is 7. The van der Waals surface area contributed by atoms with Gasteiger partial charge in [0.15, 0.2) is 0 Å². The van der Waals surface area contributed by atoms with Gasteiger partial charge >= 0.3 is 0 Å². The normalized spacial score (nSPS) is 12.0. The van der Waals surface area contributed by atoms with E-state index in [1.807, 2.05) is 0 Å². The lowest BCUT2D eigenvalue weighted by Crippen LogP contribution is -1.91. The highest BCUT2D eigenvalue weighted by molar-refractivity contribution is 9.10. The SMILES string of the molecule is Cn1c2ccccc2c2c1cc(-c1cccc(Br)c1)c1c3ccccc3n(C)c12. The first-order chi connectivity index (χ1) is 14.1. The summed E-state index contributed by atoms with van der Waals surface area (Å²) < 4.78 is 5.78. The Kier molecular flexibility index (Phi) is 3.48. The van der Waals surface area contributed by atoms with Crippen LogP contribution >= 0.6 is 15.9 Å². The topological polar surface area (TPSA) is 9.86 Å². The van der Waals surface area contributed by atoms with Crippen molar-refractivity contribution in [3.8, 4) is 11.1 Å². The van der Waals surface area contributed by atoms with Crippen LogP contribution in [-0.4, -0.2) is 9.13 Å². The van der Waals surface area contributed by atoms with Gasteiger partial charge in [0.25, 0.3) is 0 Å². The molecule has 0 saturated carbocycles. The van der Waals surface area contributed by atoms with Crippen molar-refractivity contribution in [1.29, 1.82) is 0 Å². The van der Waals surface area contributed by atoms with Crippen LogP contribution in [0, 0.1) is 0 Å². The molecule has 0 aliphatic rings. The van der Waals surface area contributed by atoms with E-state index in [1.54, 1.807) is 0 Å². The van der Waals surface area contributed by atoms with Gasteiger partial charge in [0.05, 0.1) is 11.0 Å². The number of hydrogen-bond acceptors (Lipinski definition) is 0. The summed E-state index contributed by atoms with van der Waals surface area (Å²) in [6, 6.07) is 28.4. The van der Waals surface area contributed by atoms with Crippen molar-refractivity contribution in [2.75, 3.05) is 0 Å². The molecule has 0 saturated heterocycles. The molecule has 0 radical (unpaired) electrons. The third kappa shape index (κ3) is 2.22. The summed E-state index contributed by atoms with van der Waals surface area (Å²) in [4.78, 5) is 0. The second kappa shape index (κ2) is 5.98. The molecule has 2 aromatic heterocycles. The Morgan fingerprint density at radius 2 is 1.28 bits per heavy atom. The second-order valence-corrected chi connectivity index (χ2v) is 8.62. The molecule has 2 nitrogen and oxygen atoms in total. The minimum Gasteiger partial charge on any atom is -0.344 e. The third-order valence-electron chi connectivity index (χ3n) is 6.18. The number of aryl methyl sites for hydroxylation is 2. The zero-order valence-electron chi connectivity index (χ0n) is 16.3. The number of halogens is 1. The molecule has 140 valence electrons. The molecule has 4 aromatic carbocycles. The standard InChI is InChI=1S/C26H19BrN2/c1-28-21-12-5-4-11-19(21)25-23(28)15-20(16-8-7-9-17(27)14-16)24-18-10-3-6-13-22(18)29(2)26(24)25/h3-15H,1-2H3.